The van der Waals surface area contributed by atoms with E-state index in [1.54, 1.807) is 0 Å². The van der Waals surface area contributed by atoms with Gasteiger partial charge in [0.1, 0.15) is 16.8 Å². The molecule has 25 heavy (non-hydrogen) atoms. The van der Waals surface area contributed by atoms with E-state index in [9.17, 15) is 10.1 Å². The zero-order chi connectivity index (χ0) is 18.0. The van der Waals surface area contributed by atoms with Crippen molar-refractivity contribution in [3.63, 3.8) is 0 Å². The Hall–Kier alpha value is -1.84. The van der Waals surface area contributed by atoms with Crippen LogP contribution in [0.1, 0.15) is 34.9 Å². The number of thiophene rings is 1. The molecule has 0 radical (unpaired) electrons. The van der Waals surface area contributed by atoms with Crippen LogP contribution in [0, 0.1) is 24.2 Å². The van der Waals surface area contributed by atoms with Crippen molar-refractivity contribution in [3.05, 3.63) is 44.2 Å². The molecule has 1 unspecified atom stereocenters. The van der Waals surface area contributed by atoms with E-state index in [1.165, 1.54) is 16.2 Å². The Morgan fingerprint density at radius 3 is 3.04 bits per heavy atom. The van der Waals surface area contributed by atoms with Crippen molar-refractivity contribution >= 4 is 38.2 Å². The number of hydrogen-bond donors (Lipinski definition) is 1. The average Bonchev–Trinajstić information content (AvgIpc) is 2.91. The molecule has 1 heterocycles. The molecular weight excluding hydrogens is 400 g/mol. The first kappa shape index (κ1) is 18.0. The fourth-order valence-corrected chi connectivity index (χ4v) is 4.60. The Labute approximate surface area is 159 Å². The van der Waals surface area contributed by atoms with Gasteiger partial charge in [-0.05, 0) is 61.4 Å². The third-order valence-electron chi connectivity index (χ3n) is 4.38. The number of carbonyl (C=O) groups excluding carboxylic acids is 1. The lowest BCUT2D eigenvalue weighted by Gasteiger charge is -2.17. The van der Waals surface area contributed by atoms with Crippen molar-refractivity contribution in [2.24, 2.45) is 5.92 Å². The van der Waals surface area contributed by atoms with Crippen LogP contribution >= 0.6 is 27.3 Å². The number of anilines is 1. The average molecular weight is 419 g/mol. The van der Waals surface area contributed by atoms with E-state index in [1.807, 2.05) is 25.1 Å². The number of nitrogens with one attached hydrogen (secondary N) is 1. The lowest BCUT2D eigenvalue weighted by atomic mass is 9.89. The van der Waals surface area contributed by atoms with Gasteiger partial charge < -0.3 is 10.1 Å². The molecule has 0 saturated carbocycles. The number of hydrogen-bond acceptors (Lipinski definition) is 4. The Bertz CT molecular complexity index is 854. The SMILES string of the molecule is Cc1cc(OCC(=O)Nc2sc3c(c2C#N)CCC(C)C3)ccc1Br. The maximum absolute atomic E-state index is 12.2. The molecule has 3 rings (SSSR count). The summed E-state index contributed by atoms with van der Waals surface area (Å²) in [6.45, 7) is 4.11. The predicted molar refractivity (Wildman–Crippen MR) is 103 cm³/mol. The number of halogens is 1. The summed E-state index contributed by atoms with van der Waals surface area (Å²) >= 11 is 4.97. The van der Waals surface area contributed by atoms with Crippen LogP contribution in [0.2, 0.25) is 0 Å². The molecule has 0 spiro atoms. The smallest absolute Gasteiger partial charge is 0.262 e. The summed E-state index contributed by atoms with van der Waals surface area (Å²) in [5.74, 6) is 1.03. The molecular formula is C19H19BrN2O2S. The Morgan fingerprint density at radius 2 is 2.32 bits per heavy atom. The number of aryl methyl sites for hydroxylation is 1. The van der Waals surface area contributed by atoms with Crippen LogP contribution in [-0.2, 0) is 17.6 Å². The van der Waals surface area contributed by atoms with Crippen LogP contribution in [-0.4, -0.2) is 12.5 Å². The van der Waals surface area contributed by atoms with Gasteiger partial charge in [0.2, 0.25) is 0 Å². The highest BCUT2D eigenvalue weighted by molar-refractivity contribution is 9.10. The molecule has 0 bridgehead atoms. The van der Waals surface area contributed by atoms with Crippen LogP contribution < -0.4 is 10.1 Å². The van der Waals surface area contributed by atoms with Crippen LogP contribution in [0.3, 0.4) is 0 Å². The van der Waals surface area contributed by atoms with E-state index in [4.69, 9.17) is 4.74 Å². The largest absolute Gasteiger partial charge is 0.484 e. The fraction of sp³-hybridized carbons (Fsp3) is 0.368. The number of ether oxygens (including phenoxy) is 1. The predicted octanol–water partition coefficient (Wildman–Crippen LogP) is 4.83. The van der Waals surface area contributed by atoms with Crippen LogP contribution in [0.4, 0.5) is 5.00 Å². The monoisotopic (exact) mass is 418 g/mol. The van der Waals surface area contributed by atoms with Crippen LogP contribution in [0.5, 0.6) is 5.75 Å². The van der Waals surface area contributed by atoms with Gasteiger partial charge in [-0.15, -0.1) is 11.3 Å². The summed E-state index contributed by atoms with van der Waals surface area (Å²) < 4.78 is 6.56. The second-order valence-electron chi connectivity index (χ2n) is 6.42. The molecule has 1 aliphatic rings. The van der Waals surface area contributed by atoms with Crippen molar-refractivity contribution in [1.82, 2.24) is 0 Å². The fourth-order valence-electron chi connectivity index (χ4n) is 2.98. The van der Waals surface area contributed by atoms with Gasteiger partial charge in [-0.1, -0.05) is 22.9 Å². The Kier molecular flexibility index (Phi) is 5.45. The maximum atomic E-state index is 12.2. The summed E-state index contributed by atoms with van der Waals surface area (Å²) in [5, 5.41) is 13.0. The zero-order valence-corrected chi connectivity index (χ0v) is 16.6. The van der Waals surface area contributed by atoms with Gasteiger partial charge in [0, 0.05) is 9.35 Å². The van der Waals surface area contributed by atoms with Gasteiger partial charge in [0.05, 0.1) is 5.56 Å². The summed E-state index contributed by atoms with van der Waals surface area (Å²) in [5.41, 5.74) is 2.79. The first-order chi connectivity index (χ1) is 12.0. The number of carbonyl (C=O) groups is 1. The molecule has 1 aromatic carbocycles. The molecule has 1 aliphatic carbocycles. The number of amides is 1. The first-order valence-electron chi connectivity index (χ1n) is 8.21. The van der Waals surface area contributed by atoms with Gasteiger partial charge in [0.15, 0.2) is 6.61 Å². The van der Waals surface area contributed by atoms with Gasteiger partial charge in [0.25, 0.3) is 5.91 Å². The summed E-state index contributed by atoms with van der Waals surface area (Å²) in [6, 6.07) is 7.85. The minimum Gasteiger partial charge on any atom is -0.484 e. The molecule has 6 heteroatoms. The molecule has 0 saturated heterocycles. The van der Waals surface area contributed by atoms with Crippen LogP contribution in [0.15, 0.2) is 22.7 Å². The quantitative estimate of drug-likeness (QED) is 0.772. The van der Waals surface area contributed by atoms with Crippen molar-refractivity contribution in [2.75, 3.05) is 11.9 Å². The number of fused-ring (bicyclic) bond motifs is 1. The number of benzene rings is 1. The number of nitrogens with zero attached hydrogens (tertiary/aromatic N) is 1. The normalized spacial score (nSPS) is 16.0. The van der Waals surface area contributed by atoms with Crippen molar-refractivity contribution in [3.8, 4) is 11.8 Å². The molecule has 4 nitrogen and oxygen atoms in total. The molecule has 1 atom stereocenters. The molecule has 0 aliphatic heterocycles. The first-order valence-corrected chi connectivity index (χ1v) is 9.82. The van der Waals surface area contributed by atoms with Crippen molar-refractivity contribution < 1.29 is 9.53 Å². The van der Waals surface area contributed by atoms with E-state index >= 15 is 0 Å². The van der Waals surface area contributed by atoms with Gasteiger partial charge in [-0.25, -0.2) is 0 Å². The molecule has 2 aromatic rings. The molecule has 130 valence electrons. The topological polar surface area (TPSA) is 62.1 Å². The summed E-state index contributed by atoms with van der Waals surface area (Å²) in [4.78, 5) is 13.5. The lowest BCUT2D eigenvalue weighted by Crippen LogP contribution is -2.20. The highest BCUT2D eigenvalue weighted by atomic mass is 79.9. The molecule has 1 aromatic heterocycles. The zero-order valence-electron chi connectivity index (χ0n) is 14.2. The van der Waals surface area contributed by atoms with Gasteiger partial charge in [-0.2, -0.15) is 5.26 Å². The van der Waals surface area contributed by atoms with E-state index in [0.717, 1.165) is 34.9 Å². The number of nitriles is 1. The standard InChI is InChI=1S/C19H19BrN2O2S/c1-11-3-5-14-15(9-21)19(25-17(14)7-11)22-18(23)10-24-13-4-6-16(20)12(2)8-13/h4,6,8,11H,3,5,7,10H2,1-2H3,(H,22,23). The molecule has 0 fully saturated rings. The van der Waals surface area contributed by atoms with E-state index in [0.29, 0.717) is 22.2 Å². The third kappa shape index (κ3) is 4.05. The van der Waals surface area contributed by atoms with E-state index in [-0.39, 0.29) is 12.5 Å². The maximum Gasteiger partial charge on any atom is 0.262 e. The molecule has 1 N–H and O–H groups in total. The Morgan fingerprint density at radius 1 is 1.52 bits per heavy atom. The second-order valence-corrected chi connectivity index (χ2v) is 8.38. The van der Waals surface area contributed by atoms with E-state index < -0.39 is 0 Å². The van der Waals surface area contributed by atoms with Crippen molar-refractivity contribution in [1.29, 1.82) is 5.26 Å². The summed E-state index contributed by atoms with van der Waals surface area (Å²) in [6.07, 6.45) is 3.00. The minimum absolute atomic E-state index is 0.0785. The Balaban J connectivity index is 1.67. The van der Waals surface area contributed by atoms with Crippen molar-refractivity contribution in [2.45, 2.75) is 33.1 Å². The second kappa shape index (κ2) is 7.59. The highest BCUT2D eigenvalue weighted by Crippen LogP contribution is 2.39. The number of rotatable bonds is 4. The van der Waals surface area contributed by atoms with E-state index in [2.05, 4.69) is 34.2 Å². The van der Waals surface area contributed by atoms with Crippen LogP contribution in [0.25, 0.3) is 0 Å². The molecule has 1 amide bonds. The minimum atomic E-state index is -0.247. The highest BCUT2D eigenvalue weighted by Gasteiger charge is 2.24. The lowest BCUT2D eigenvalue weighted by molar-refractivity contribution is -0.118. The van der Waals surface area contributed by atoms with Gasteiger partial charge >= 0.3 is 0 Å². The third-order valence-corrected chi connectivity index (χ3v) is 6.44. The summed E-state index contributed by atoms with van der Waals surface area (Å²) in [7, 11) is 0. The van der Waals surface area contributed by atoms with Gasteiger partial charge in [-0.3, -0.25) is 4.79 Å².